The molecule has 3 unspecified atom stereocenters. The van der Waals surface area contributed by atoms with E-state index in [2.05, 4.69) is 13.8 Å². The van der Waals surface area contributed by atoms with Gasteiger partial charge in [-0.25, -0.2) is 0 Å². The Labute approximate surface area is 117 Å². The third kappa shape index (κ3) is 2.71. The Bertz CT molecular complexity index is 309. The van der Waals surface area contributed by atoms with Gasteiger partial charge in [-0.2, -0.15) is 0 Å². The molecule has 3 atom stereocenters. The lowest BCUT2D eigenvalue weighted by molar-refractivity contribution is -0.158. The van der Waals surface area contributed by atoms with Gasteiger partial charge in [0.15, 0.2) is 0 Å². The summed E-state index contributed by atoms with van der Waals surface area (Å²) < 4.78 is 6.14. The lowest BCUT2D eigenvalue weighted by atomic mass is 9.64. The van der Waals surface area contributed by atoms with E-state index in [4.69, 9.17) is 4.74 Å². The number of hydrogen-bond acceptors (Lipinski definition) is 2. The van der Waals surface area contributed by atoms with Crippen molar-refractivity contribution in [2.24, 2.45) is 17.8 Å². The van der Waals surface area contributed by atoms with Crippen molar-refractivity contribution in [3.63, 3.8) is 0 Å². The van der Waals surface area contributed by atoms with Crippen molar-refractivity contribution < 1.29 is 9.84 Å². The van der Waals surface area contributed by atoms with E-state index in [-0.39, 0.29) is 5.60 Å². The summed E-state index contributed by atoms with van der Waals surface area (Å²) in [6.07, 6.45) is 10.6. The van der Waals surface area contributed by atoms with E-state index in [1.807, 2.05) is 0 Å². The number of aliphatic hydroxyl groups is 1. The van der Waals surface area contributed by atoms with Crippen LogP contribution in [0.4, 0.5) is 0 Å². The van der Waals surface area contributed by atoms with Crippen molar-refractivity contribution >= 4 is 0 Å². The van der Waals surface area contributed by atoms with E-state index in [9.17, 15) is 5.11 Å². The first-order valence-electron chi connectivity index (χ1n) is 8.38. The van der Waals surface area contributed by atoms with Gasteiger partial charge in [0.2, 0.25) is 0 Å². The standard InChI is InChI=1S/C17H30O2/c1-13-9-14(2)11-17(18,10-13)15-5-8-19-16(12-15)6-3-4-7-16/h13-15,18H,3-12H2,1-2H3. The van der Waals surface area contributed by atoms with Crippen LogP contribution >= 0.6 is 0 Å². The molecule has 1 N–H and O–H groups in total. The maximum atomic E-state index is 11.2. The van der Waals surface area contributed by atoms with E-state index in [0.717, 1.165) is 32.3 Å². The second-order valence-corrected chi connectivity index (χ2v) is 7.89. The number of rotatable bonds is 1. The van der Waals surface area contributed by atoms with Crippen LogP contribution in [0.5, 0.6) is 0 Å². The Kier molecular flexibility index (Phi) is 3.68. The van der Waals surface area contributed by atoms with Crippen LogP contribution in [0.25, 0.3) is 0 Å². The van der Waals surface area contributed by atoms with E-state index in [1.54, 1.807) is 0 Å². The molecule has 2 heteroatoms. The predicted molar refractivity (Wildman–Crippen MR) is 77.0 cm³/mol. The molecule has 0 radical (unpaired) electrons. The lowest BCUT2D eigenvalue weighted by Crippen LogP contribution is -2.50. The number of ether oxygens (including phenoxy) is 1. The van der Waals surface area contributed by atoms with Gasteiger partial charge >= 0.3 is 0 Å². The quantitative estimate of drug-likeness (QED) is 0.779. The molecule has 3 rings (SSSR count). The SMILES string of the molecule is CC1CC(C)CC(O)(C2CCOC3(CCCC3)C2)C1. The molecule has 2 saturated carbocycles. The summed E-state index contributed by atoms with van der Waals surface area (Å²) in [6, 6.07) is 0. The fourth-order valence-electron chi connectivity index (χ4n) is 5.33. The third-order valence-electron chi connectivity index (χ3n) is 5.98. The largest absolute Gasteiger partial charge is 0.390 e. The van der Waals surface area contributed by atoms with Gasteiger partial charge < -0.3 is 9.84 Å². The second-order valence-electron chi connectivity index (χ2n) is 7.89. The number of hydrogen-bond donors (Lipinski definition) is 1. The second kappa shape index (κ2) is 5.04. The first-order chi connectivity index (χ1) is 9.01. The fourth-order valence-corrected chi connectivity index (χ4v) is 5.33. The smallest absolute Gasteiger partial charge is 0.0686 e. The van der Waals surface area contributed by atoms with Crippen molar-refractivity contribution in [2.75, 3.05) is 6.61 Å². The molecule has 0 aromatic carbocycles. The summed E-state index contributed by atoms with van der Waals surface area (Å²) in [5.41, 5.74) is -0.265. The molecule has 1 heterocycles. The predicted octanol–water partition coefficient (Wildman–Crippen LogP) is 3.91. The monoisotopic (exact) mass is 266 g/mol. The van der Waals surface area contributed by atoms with Crippen LogP contribution in [0.1, 0.15) is 71.6 Å². The molecule has 1 spiro atoms. The summed E-state index contributed by atoms with van der Waals surface area (Å²) in [4.78, 5) is 0. The Balaban J connectivity index is 1.73. The molecule has 1 saturated heterocycles. The van der Waals surface area contributed by atoms with E-state index in [1.165, 1.54) is 32.1 Å². The van der Waals surface area contributed by atoms with Crippen molar-refractivity contribution in [3.8, 4) is 0 Å². The first-order valence-corrected chi connectivity index (χ1v) is 8.38. The Hall–Kier alpha value is -0.0800. The highest BCUT2D eigenvalue weighted by atomic mass is 16.5. The Morgan fingerprint density at radius 2 is 1.63 bits per heavy atom. The molecule has 0 aromatic rings. The van der Waals surface area contributed by atoms with Gasteiger partial charge in [-0.05, 0) is 62.7 Å². The van der Waals surface area contributed by atoms with Crippen molar-refractivity contribution in [1.29, 1.82) is 0 Å². The molecule has 110 valence electrons. The molecule has 1 aliphatic heterocycles. The highest BCUT2D eigenvalue weighted by Crippen LogP contribution is 2.49. The minimum Gasteiger partial charge on any atom is -0.390 e. The van der Waals surface area contributed by atoms with E-state index >= 15 is 0 Å². The van der Waals surface area contributed by atoms with Crippen LogP contribution in [0.15, 0.2) is 0 Å². The molecule has 0 amide bonds. The molecule has 2 nitrogen and oxygen atoms in total. The highest BCUT2D eigenvalue weighted by Gasteiger charge is 2.49. The average molecular weight is 266 g/mol. The zero-order valence-electron chi connectivity index (χ0n) is 12.7. The van der Waals surface area contributed by atoms with Gasteiger partial charge in [-0.15, -0.1) is 0 Å². The van der Waals surface area contributed by atoms with Crippen LogP contribution in [0.3, 0.4) is 0 Å². The topological polar surface area (TPSA) is 29.5 Å². The Morgan fingerprint density at radius 1 is 1.00 bits per heavy atom. The summed E-state index contributed by atoms with van der Waals surface area (Å²) in [7, 11) is 0. The minimum absolute atomic E-state index is 0.141. The van der Waals surface area contributed by atoms with Gasteiger partial charge in [-0.3, -0.25) is 0 Å². The van der Waals surface area contributed by atoms with Crippen LogP contribution in [0, 0.1) is 17.8 Å². The highest BCUT2D eigenvalue weighted by molar-refractivity contribution is 5.00. The van der Waals surface area contributed by atoms with Crippen LogP contribution in [-0.2, 0) is 4.74 Å². The van der Waals surface area contributed by atoms with Crippen LogP contribution in [0.2, 0.25) is 0 Å². The normalized spacial score (nSPS) is 46.6. The molecule has 19 heavy (non-hydrogen) atoms. The maximum absolute atomic E-state index is 11.2. The third-order valence-corrected chi connectivity index (χ3v) is 5.98. The van der Waals surface area contributed by atoms with Gasteiger partial charge in [0.05, 0.1) is 11.2 Å². The molecule has 3 aliphatic rings. The average Bonchev–Trinajstić information content (AvgIpc) is 2.75. The molecule has 0 bridgehead atoms. The zero-order chi connectivity index (χ0) is 13.5. The minimum atomic E-state index is -0.406. The van der Waals surface area contributed by atoms with Gasteiger partial charge in [-0.1, -0.05) is 26.7 Å². The molecular weight excluding hydrogens is 236 g/mol. The van der Waals surface area contributed by atoms with E-state index < -0.39 is 5.60 Å². The first kappa shape index (κ1) is 13.9. The van der Waals surface area contributed by atoms with Gasteiger partial charge in [0.25, 0.3) is 0 Å². The molecule has 2 aliphatic carbocycles. The summed E-state index contributed by atoms with van der Waals surface area (Å²) >= 11 is 0. The summed E-state index contributed by atoms with van der Waals surface area (Å²) in [5, 5.41) is 11.2. The summed E-state index contributed by atoms with van der Waals surface area (Å²) in [6.45, 7) is 5.49. The van der Waals surface area contributed by atoms with Crippen LogP contribution in [-0.4, -0.2) is 22.9 Å². The maximum Gasteiger partial charge on any atom is 0.0686 e. The van der Waals surface area contributed by atoms with Crippen molar-refractivity contribution in [1.82, 2.24) is 0 Å². The van der Waals surface area contributed by atoms with Crippen molar-refractivity contribution in [2.45, 2.75) is 82.8 Å². The molecular formula is C17H30O2. The van der Waals surface area contributed by atoms with Crippen LogP contribution < -0.4 is 0 Å². The fraction of sp³-hybridized carbons (Fsp3) is 1.00. The zero-order valence-corrected chi connectivity index (χ0v) is 12.7. The summed E-state index contributed by atoms with van der Waals surface area (Å²) in [5.74, 6) is 1.83. The molecule has 3 fully saturated rings. The van der Waals surface area contributed by atoms with Gasteiger partial charge in [0, 0.05) is 6.61 Å². The van der Waals surface area contributed by atoms with Crippen molar-refractivity contribution in [3.05, 3.63) is 0 Å². The Morgan fingerprint density at radius 3 is 2.26 bits per heavy atom. The lowest BCUT2D eigenvalue weighted by Gasteiger charge is -2.49. The van der Waals surface area contributed by atoms with E-state index in [0.29, 0.717) is 17.8 Å². The van der Waals surface area contributed by atoms with Gasteiger partial charge in [0.1, 0.15) is 0 Å². The molecule has 0 aromatic heterocycles.